The SMILES string of the molecule is C=CCOC(=O)N1CC2(CCC1=O)OCCO2. The van der Waals surface area contributed by atoms with Gasteiger partial charge in [-0.1, -0.05) is 12.7 Å². The van der Waals surface area contributed by atoms with Gasteiger partial charge in [0, 0.05) is 12.8 Å². The smallest absolute Gasteiger partial charge is 0.417 e. The Morgan fingerprint density at radius 1 is 1.53 bits per heavy atom. The van der Waals surface area contributed by atoms with Crippen LogP contribution in [0.1, 0.15) is 12.8 Å². The van der Waals surface area contributed by atoms with E-state index in [4.69, 9.17) is 14.2 Å². The molecular weight excluding hydrogens is 226 g/mol. The van der Waals surface area contributed by atoms with Gasteiger partial charge in [-0.25, -0.2) is 9.69 Å². The largest absolute Gasteiger partial charge is 0.445 e. The molecule has 6 nitrogen and oxygen atoms in total. The van der Waals surface area contributed by atoms with Crippen LogP contribution in [-0.4, -0.2) is 49.1 Å². The quantitative estimate of drug-likeness (QED) is 0.665. The van der Waals surface area contributed by atoms with Gasteiger partial charge < -0.3 is 14.2 Å². The summed E-state index contributed by atoms with van der Waals surface area (Å²) in [6, 6.07) is 0. The molecule has 0 N–H and O–H groups in total. The number of carbonyl (C=O) groups excluding carboxylic acids is 2. The maximum Gasteiger partial charge on any atom is 0.417 e. The van der Waals surface area contributed by atoms with Crippen LogP contribution in [0.15, 0.2) is 12.7 Å². The van der Waals surface area contributed by atoms with Crippen molar-refractivity contribution in [3.63, 3.8) is 0 Å². The molecule has 0 atom stereocenters. The first-order valence-electron chi connectivity index (χ1n) is 5.53. The Balaban J connectivity index is 2.01. The molecule has 0 bridgehead atoms. The van der Waals surface area contributed by atoms with E-state index in [-0.39, 0.29) is 25.5 Å². The fraction of sp³-hybridized carbons (Fsp3) is 0.636. The number of amides is 2. The zero-order chi connectivity index (χ0) is 12.3. The minimum atomic E-state index is -0.818. The molecule has 2 heterocycles. The van der Waals surface area contributed by atoms with Crippen molar-refractivity contribution in [1.29, 1.82) is 0 Å². The second-order valence-electron chi connectivity index (χ2n) is 3.95. The van der Waals surface area contributed by atoms with E-state index in [1.807, 2.05) is 0 Å². The van der Waals surface area contributed by atoms with Crippen LogP contribution < -0.4 is 0 Å². The summed E-state index contributed by atoms with van der Waals surface area (Å²) < 4.78 is 15.8. The maximum absolute atomic E-state index is 11.6. The van der Waals surface area contributed by atoms with Crippen LogP contribution in [-0.2, 0) is 19.0 Å². The molecule has 94 valence electrons. The van der Waals surface area contributed by atoms with Gasteiger partial charge in [0.15, 0.2) is 5.79 Å². The van der Waals surface area contributed by atoms with Gasteiger partial charge in [0.25, 0.3) is 0 Å². The number of piperidine rings is 1. The van der Waals surface area contributed by atoms with Gasteiger partial charge in [-0.3, -0.25) is 4.79 Å². The van der Waals surface area contributed by atoms with Gasteiger partial charge >= 0.3 is 6.09 Å². The minimum Gasteiger partial charge on any atom is -0.445 e. The molecule has 0 aromatic carbocycles. The number of carbonyl (C=O) groups is 2. The Morgan fingerprint density at radius 3 is 2.88 bits per heavy atom. The minimum absolute atomic E-state index is 0.0807. The van der Waals surface area contributed by atoms with Gasteiger partial charge in [0.1, 0.15) is 6.61 Å². The van der Waals surface area contributed by atoms with Gasteiger partial charge in [-0.05, 0) is 0 Å². The Labute approximate surface area is 99.1 Å². The summed E-state index contributed by atoms with van der Waals surface area (Å²) in [5.74, 6) is -1.08. The number of hydrogen-bond acceptors (Lipinski definition) is 5. The molecule has 2 aliphatic heterocycles. The number of nitrogens with zero attached hydrogens (tertiary/aromatic N) is 1. The molecule has 2 fully saturated rings. The third kappa shape index (κ3) is 2.48. The fourth-order valence-electron chi connectivity index (χ4n) is 1.95. The topological polar surface area (TPSA) is 65.1 Å². The zero-order valence-electron chi connectivity index (χ0n) is 9.52. The number of imide groups is 1. The molecule has 17 heavy (non-hydrogen) atoms. The Morgan fingerprint density at radius 2 is 2.24 bits per heavy atom. The second-order valence-corrected chi connectivity index (χ2v) is 3.95. The van der Waals surface area contributed by atoms with Crippen molar-refractivity contribution in [3.05, 3.63) is 12.7 Å². The lowest BCUT2D eigenvalue weighted by Crippen LogP contribution is -2.53. The Hall–Kier alpha value is -1.40. The number of likely N-dealkylation sites (tertiary alicyclic amines) is 1. The van der Waals surface area contributed by atoms with Crippen LogP contribution in [0.25, 0.3) is 0 Å². The van der Waals surface area contributed by atoms with Crippen molar-refractivity contribution in [2.45, 2.75) is 18.6 Å². The standard InChI is InChI=1S/C11H15NO5/c1-2-5-15-10(14)12-8-11(4-3-9(12)13)16-6-7-17-11/h2H,1,3-8H2. The van der Waals surface area contributed by atoms with Crippen molar-refractivity contribution in [1.82, 2.24) is 4.90 Å². The van der Waals surface area contributed by atoms with Crippen molar-refractivity contribution >= 4 is 12.0 Å². The van der Waals surface area contributed by atoms with Gasteiger partial charge in [-0.2, -0.15) is 0 Å². The van der Waals surface area contributed by atoms with E-state index in [9.17, 15) is 9.59 Å². The third-order valence-corrected chi connectivity index (χ3v) is 2.78. The van der Waals surface area contributed by atoms with Gasteiger partial charge in [-0.15, -0.1) is 0 Å². The Kier molecular flexibility index (Phi) is 3.44. The molecule has 1 spiro atoms. The van der Waals surface area contributed by atoms with Crippen LogP contribution in [0.4, 0.5) is 4.79 Å². The molecule has 0 aliphatic carbocycles. The second kappa shape index (κ2) is 4.85. The first kappa shape index (κ1) is 12.1. The predicted molar refractivity (Wildman–Crippen MR) is 57.1 cm³/mol. The van der Waals surface area contributed by atoms with E-state index >= 15 is 0 Å². The van der Waals surface area contributed by atoms with E-state index in [0.29, 0.717) is 19.6 Å². The molecule has 6 heteroatoms. The highest BCUT2D eigenvalue weighted by Gasteiger charge is 2.45. The normalized spacial score (nSPS) is 22.8. The fourth-order valence-corrected chi connectivity index (χ4v) is 1.95. The molecule has 2 saturated heterocycles. The summed E-state index contributed by atoms with van der Waals surface area (Å²) in [4.78, 5) is 24.3. The van der Waals surface area contributed by atoms with Crippen LogP contribution in [0.5, 0.6) is 0 Å². The summed E-state index contributed by atoms with van der Waals surface area (Å²) in [7, 11) is 0. The molecule has 0 unspecified atom stereocenters. The molecule has 2 aliphatic rings. The van der Waals surface area contributed by atoms with Crippen LogP contribution in [0.2, 0.25) is 0 Å². The molecule has 0 saturated carbocycles. The summed E-state index contributed by atoms with van der Waals surface area (Å²) >= 11 is 0. The lowest BCUT2D eigenvalue weighted by atomic mass is 10.0. The molecule has 2 amide bonds. The lowest BCUT2D eigenvalue weighted by Gasteiger charge is -2.36. The highest BCUT2D eigenvalue weighted by Crippen LogP contribution is 2.30. The van der Waals surface area contributed by atoms with Crippen molar-refractivity contribution < 1.29 is 23.8 Å². The molecule has 0 aromatic heterocycles. The van der Waals surface area contributed by atoms with Crippen LogP contribution in [0.3, 0.4) is 0 Å². The van der Waals surface area contributed by atoms with Gasteiger partial charge in [0.05, 0.1) is 19.8 Å². The summed E-state index contributed by atoms with van der Waals surface area (Å²) in [6.45, 7) is 4.60. The summed E-state index contributed by atoms with van der Waals surface area (Å²) in [5.41, 5.74) is 0. The average molecular weight is 241 g/mol. The van der Waals surface area contributed by atoms with E-state index in [2.05, 4.69) is 6.58 Å². The number of rotatable bonds is 2. The van der Waals surface area contributed by atoms with Crippen LogP contribution in [0, 0.1) is 0 Å². The number of hydrogen-bond donors (Lipinski definition) is 0. The van der Waals surface area contributed by atoms with E-state index in [1.165, 1.54) is 6.08 Å². The highest BCUT2D eigenvalue weighted by molar-refractivity contribution is 5.92. The van der Waals surface area contributed by atoms with E-state index in [1.54, 1.807) is 0 Å². The number of ether oxygens (including phenoxy) is 3. The highest BCUT2D eigenvalue weighted by atomic mass is 16.7. The van der Waals surface area contributed by atoms with E-state index in [0.717, 1.165) is 4.90 Å². The maximum atomic E-state index is 11.6. The first-order chi connectivity index (χ1) is 8.17. The summed E-state index contributed by atoms with van der Waals surface area (Å²) in [5, 5.41) is 0. The molecule has 0 aromatic rings. The van der Waals surface area contributed by atoms with Crippen molar-refractivity contribution in [3.8, 4) is 0 Å². The van der Waals surface area contributed by atoms with Crippen molar-refractivity contribution in [2.75, 3.05) is 26.4 Å². The zero-order valence-corrected chi connectivity index (χ0v) is 9.52. The third-order valence-electron chi connectivity index (χ3n) is 2.78. The predicted octanol–water partition coefficient (Wildman–Crippen LogP) is 0.675. The van der Waals surface area contributed by atoms with Crippen LogP contribution >= 0.6 is 0 Å². The summed E-state index contributed by atoms with van der Waals surface area (Å²) in [6.07, 6.45) is 1.48. The first-order valence-corrected chi connectivity index (χ1v) is 5.53. The molecular formula is C11H15NO5. The monoisotopic (exact) mass is 241 g/mol. The average Bonchev–Trinajstić information content (AvgIpc) is 2.78. The van der Waals surface area contributed by atoms with E-state index < -0.39 is 11.9 Å². The molecule has 0 radical (unpaired) electrons. The lowest BCUT2D eigenvalue weighted by molar-refractivity contribution is -0.191. The Bertz CT molecular complexity index is 335. The van der Waals surface area contributed by atoms with Gasteiger partial charge in [0.2, 0.25) is 5.91 Å². The molecule has 2 rings (SSSR count). The van der Waals surface area contributed by atoms with Crippen molar-refractivity contribution in [2.24, 2.45) is 0 Å².